The minimum absolute atomic E-state index is 0.232. The number of H-pyrrole nitrogens is 2. The molecule has 5 rings (SSSR count). The van der Waals surface area contributed by atoms with Crippen LogP contribution in [0.15, 0.2) is 79.1 Å². The van der Waals surface area contributed by atoms with Gasteiger partial charge in [-0.05, 0) is 84.3 Å². The molecule has 10 nitrogen and oxygen atoms in total. The maximum Gasteiger partial charge on any atom is 0.407 e. The van der Waals surface area contributed by atoms with Gasteiger partial charge < -0.3 is 30.2 Å². The highest BCUT2D eigenvalue weighted by molar-refractivity contribution is 5.87. The highest BCUT2D eigenvalue weighted by Gasteiger charge is 2.28. The number of carbonyl (C=O) groups excluding carboxylic acids is 2. The molecule has 10 heteroatoms. The first-order chi connectivity index (χ1) is 23.3. The van der Waals surface area contributed by atoms with E-state index < -0.39 is 12.1 Å². The molecule has 0 radical (unpaired) electrons. The summed E-state index contributed by atoms with van der Waals surface area (Å²) < 4.78 is 4.81. The van der Waals surface area contributed by atoms with E-state index >= 15 is 0 Å². The predicted molar refractivity (Wildman–Crippen MR) is 189 cm³/mol. The van der Waals surface area contributed by atoms with Crippen LogP contribution < -0.4 is 10.6 Å². The first-order valence-electron chi connectivity index (χ1n) is 16.5. The van der Waals surface area contributed by atoms with E-state index in [9.17, 15) is 9.59 Å². The van der Waals surface area contributed by atoms with Crippen molar-refractivity contribution < 1.29 is 14.3 Å². The van der Waals surface area contributed by atoms with Crippen LogP contribution in [0.5, 0.6) is 0 Å². The molecule has 1 atom stereocenters. The van der Waals surface area contributed by atoms with E-state index in [-0.39, 0.29) is 12.5 Å². The van der Waals surface area contributed by atoms with Gasteiger partial charge in [-0.15, -0.1) is 0 Å². The molecule has 0 fully saturated rings. The van der Waals surface area contributed by atoms with Crippen molar-refractivity contribution in [2.24, 2.45) is 0 Å². The number of alkyl carbamates (subject to hydrolysis) is 1. The van der Waals surface area contributed by atoms with E-state index in [1.165, 1.54) is 23.8 Å². The highest BCUT2D eigenvalue weighted by Crippen LogP contribution is 2.32. The number of ether oxygens (including phenoxy) is 1. The van der Waals surface area contributed by atoms with E-state index in [0.29, 0.717) is 17.9 Å². The van der Waals surface area contributed by atoms with Gasteiger partial charge >= 0.3 is 6.09 Å². The van der Waals surface area contributed by atoms with Crippen LogP contribution in [0.3, 0.4) is 0 Å². The molecule has 0 aliphatic heterocycles. The first kappa shape index (κ1) is 34.1. The molecule has 0 spiro atoms. The molecule has 0 bridgehead atoms. The fourth-order valence-electron chi connectivity index (χ4n) is 5.85. The zero-order valence-electron chi connectivity index (χ0n) is 28.4. The number of rotatable bonds is 14. The Morgan fingerprint density at radius 3 is 2.00 bits per heavy atom. The number of benzene rings is 3. The number of nitrogens with one attached hydrogen (secondary N) is 4. The minimum atomic E-state index is -0.878. The number of carbonyl (C=O) groups is 2. The topological polar surface area (TPSA) is 128 Å². The molecular weight excluding hydrogens is 602 g/mol. The third-order valence-corrected chi connectivity index (χ3v) is 8.31. The van der Waals surface area contributed by atoms with Gasteiger partial charge in [-0.2, -0.15) is 0 Å². The number of amides is 2. The first-order valence-corrected chi connectivity index (χ1v) is 16.5. The van der Waals surface area contributed by atoms with E-state index in [1.807, 2.05) is 43.5 Å². The summed E-state index contributed by atoms with van der Waals surface area (Å²) in [5, 5.41) is 6.08. The van der Waals surface area contributed by atoms with Crippen molar-refractivity contribution in [2.75, 3.05) is 20.2 Å². The standard InChI is InChI=1S/C38H45N7O3/c1-6-17-39-23-34-40-21-32(42-34)28-13-15-30(25(3)19-28)31-16-14-29(20-26(31)4)33-22-41-35(43-33)24-45(18-7-2)37(46)36(44-38(47)48-5)27-11-9-8-10-12-27/h8-16,19-22,36,39H,6-7,17-18,23-24H2,1-5H3,(H,40,42)(H,41,43)(H,44,47)/t36-/m1/s1. The van der Waals surface area contributed by atoms with Crippen LogP contribution in [0.1, 0.15) is 61.1 Å². The molecule has 0 aliphatic carbocycles. The van der Waals surface area contributed by atoms with Crippen molar-refractivity contribution in [1.29, 1.82) is 0 Å². The van der Waals surface area contributed by atoms with Gasteiger partial charge in [-0.3, -0.25) is 4.79 Å². The summed E-state index contributed by atoms with van der Waals surface area (Å²) in [7, 11) is 1.28. The lowest BCUT2D eigenvalue weighted by atomic mass is 9.93. The van der Waals surface area contributed by atoms with Crippen LogP contribution in [0.25, 0.3) is 33.6 Å². The fraction of sp³-hybridized carbons (Fsp3) is 0.316. The summed E-state index contributed by atoms with van der Waals surface area (Å²) in [6.45, 7) is 10.9. The van der Waals surface area contributed by atoms with Crippen molar-refractivity contribution in [1.82, 2.24) is 35.5 Å². The van der Waals surface area contributed by atoms with E-state index in [1.54, 1.807) is 11.1 Å². The van der Waals surface area contributed by atoms with Crippen molar-refractivity contribution in [2.45, 2.75) is 59.7 Å². The maximum absolute atomic E-state index is 13.8. The highest BCUT2D eigenvalue weighted by atomic mass is 16.5. The molecule has 4 N–H and O–H groups in total. The van der Waals surface area contributed by atoms with Gasteiger partial charge in [0.25, 0.3) is 0 Å². The van der Waals surface area contributed by atoms with Gasteiger partial charge in [0.1, 0.15) is 17.7 Å². The third kappa shape index (κ3) is 8.19. The van der Waals surface area contributed by atoms with Crippen LogP contribution >= 0.6 is 0 Å². The average molecular weight is 648 g/mol. The number of aromatic nitrogens is 4. The minimum Gasteiger partial charge on any atom is -0.453 e. The number of hydrogen-bond donors (Lipinski definition) is 4. The fourth-order valence-corrected chi connectivity index (χ4v) is 5.85. The van der Waals surface area contributed by atoms with Gasteiger partial charge in [-0.25, -0.2) is 14.8 Å². The lowest BCUT2D eigenvalue weighted by molar-refractivity contribution is -0.134. The summed E-state index contributed by atoms with van der Waals surface area (Å²) >= 11 is 0. The maximum atomic E-state index is 13.8. The third-order valence-electron chi connectivity index (χ3n) is 8.31. The van der Waals surface area contributed by atoms with Crippen molar-refractivity contribution in [3.63, 3.8) is 0 Å². The number of hydrogen-bond acceptors (Lipinski definition) is 6. The second-order valence-corrected chi connectivity index (χ2v) is 12.0. The molecule has 2 heterocycles. The largest absolute Gasteiger partial charge is 0.453 e. The monoisotopic (exact) mass is 647 g/mol. The van der Waals surface area contributed by atoms with Gasteiger partial charge in [0, 0.05) is 6.54 Å². The number of nitrogens with zero attached hydrogens (tertiary/aromatic N) is 3. The average Bonchev–Trinajstić information content (AvgIpc) is 3.77. The Hall–Kier alpha value is -5.22. The summed E-state index contributed by atoms with van der Waals surface area (Å²) in [6, 6.07) is 21.2. The van der Waals surface area contributed by atoms with Crippen molar-refractivity contribution in [3.8, 4) is 33.6 Å². The number of aromatic amines is 2. The number of methoxy groups -OCH3 is 1. The molecular formula is C38H45N7O3. The van der Waals surface area contributed by atoms with E-state index in [2.05, 4.69) is 87.7 Å². The Kier molecular flexibility index (Phi) is 11.4. The summed E-state index contributed by atoms with van der Waals surface area (Å²) in [5.41, 5.74) is 9.35. The zero-order chi connectivity index (χ0) is 34.0. The summed E-state index contributed by atoms with van der Waals surface area (Å²) in [5.74, 6) is 1.36. The lowest BCUT2D eigenvalue weighted by Crippen LogP contribution is -2.43. The second kappa shape index (κ2) is 16.1. The van der Waals surface area contributed by atoms with Gasteiger partial charge in [0.05, 0.1) is 44.0 Å². The Balaban J connectivity index is 1.31. The molecule has 3 aromatic carbocycles. The molecule has 2 aromatic heterocycles. The quantitative estimate of drug-likeness (QED) is 0.0954. The molecule has 250 valence electrons. The normalized spacial score (nSPS) is 11.7. The van der Waals surface area contributed by atoms with Crippen LogP contribution in [0, 0.1) is 13.8 Å². The summed E-state index contributed by atoms with van der Waals surface area (Å²) in [4.78, 5) is 43.6. The number of imidazole rings is 2. The lowest BCUT2D eigenvalue weighted by Gasteiger charge is -2.27. The van der Waals surface area contributed by atoms with Crippen LogP contribution in [-0.2, 0) is 22.6 Å². The SMILES string of the molecule is CCCNCc1ncc(-c2ccc(-c3ccc(-c4cnc(CN(CCC)C(=O)[C@H](NC(=O)OC)c5ccccc5)[nH]4)cc3C)c(C)c2)[nH]1. The zero-order valence-corrected chi connectivity index (χ0v) is 28.4. The van der Waals surface area contributed by atoms with E-state index in [0.717, 1.165) is 59.8 Å². The summed E-state index contributed by atoms with van der Waals surface area (Å²) in [6.07, 6.45) is 4.87. The van der Waals surface area contributed by atoms with Crippen LogP contribution in [0.2, 0.25) is 0 Å². The smallest absolute Gasteiger partial charge is 0.407 e. The number of aryl methyl sites for hydroxylation is 2. The Labute approximate surface area is 282 Å². The molecule has 2 amide bonds. The predicted octanol–water partition coefficient (Wildman–Crippen LogP) is 7.09. The van der Waals surface area contributed by atoms with Gasteiger partial charge in [0.2, 0.25) is 5.91 Å². The van der Waals surface area contributed by atoms with E-state index in [4.69, 9.17) is 4.74 Å². The second-order valence-electron chi connectivity index (χ2n) is 12.0. The van der Waals surface area contributed by atoms with Crippen LogP contribution in [0.4, 0.5) is 4.79 Å². The van der Waals surface area contributed by atoms with Gasteiger partial charge in [-0.1, -0.05) is 68.4 Å². The molecule has 0 saturated heterocycles. The molecule has 48 heavy (non-hydrogen) atoms. The van der Waals surface area contributed by atoms with Crippen molar-refractivity contribution >= 4 is 12.0 Å². The van der Waals surface area contributed by atoms with Crippen molar-refractivity contribution in [3.05, 3.63) is 107 Å². The van der Waals surface area contributed by atoms with Gasteiger partial charge in [0.15, 0.2) is 0 Å². The molecule has 0 unspecified atom stereocenters. The molecule has 0 saturated carbocycles. The molecule has 5 aromatic rings. The Morgan fingerprint density at radius 2 is 1.44 bits per heavy atom. The van der Waals surface area contributed by atoms with Crippen LogP contribution in [-0.4, -0.2) is 57.0 Å². The Bertz CT molecular complexity index is 1830. The molecule has 0 aliphatic rings. The Morgan fingerprint density at radius 1 is 0.833 bits per heavy atom.